The van der Waals surface area contributed by atoms with Crippen LogP contribution in [0, 0.1) is 17.2 Å². The maximum atomic E-state index is 11.9. The third-order valence-corrected chi connectivity index (χ3v) is 5.11. The highest BCUT2D eigenvalue weighted by molar-refractivity contribution is 6.54. The number of ether oxygens (including phenoxy) is 1. The summed E-state index contributed by atoms with van der Waals surface area (Å²) in [6.07, 6.45) is 3.99. The van der Waals surface area contributed by atoms with Crippen molar-refractivity contribution in [3.8, 4) is 11.8 Å². The Morgan fingerprint density at radius 3 is 3.10 bits per heavy atom. The first-order chi connectivity index (χ1) is 14.0. The average Bonchev–Trinajstić information content (AvgIpc) is 3.13. The zero-order valence-corrected chi connectivity index (χ0v) is 15.8. The highest BCUT2D eigenvalue weighted by Crippen LogP contribution is 2.32. The van der Waals surface area contributed by atoms with Gasteiger partial charge in [-0.25, -0.2) is 0 Å². The number of hydrogen-bond donors (Lipinski definition) is 3. The number of carbonyl (C=O) groups is 1. The van der Waals surface area contributed by atoms with Gasteiger partial charge < -0.3 is 25.5 Å². The third kappa shape index (κ3) is 3.70. The molecule has 148 valence electrons. The molecule has 0 unspecified atom stereocenters. The number of amides is 1. The first-order valence-corrected chi connectivity index (χ1v) is 9.26. The third-order valence-electron chi connectivity index (χ3n) is 5.11. The first kappa shape index (κ1) is 19.0. The number of nitrogens with zero attached hydrogens (tertiary/aromatic N) is 3. The van der Waals surface area contributed by atoms with Crippen molar-refractivity contribution in [3.05, 3.63) is 41.0 Å². The lowest BCUT2D eigenvalue weighted by molar-refractivity contribution is 0.0342. The second kappa shape index (κ2) is 7.62. The molecule has 2 aromatic rings. The standard InChI is InChI=1S/C19H20BN5O4/c1-11-6-13-7-14(2-3-17(13)29-20(11)27)23-19-15(18(22)26)9-25(24-19)16-10-28-5-4-12(16)8-21/h2-3,6-7,9,12,16,27H,4-5,10H2,1H3,(H2,22,26)(H,23,24)/t12-,16+/m0/s1. The number of benzene rings is 1. The monoisotopic (exact) mass is 393 g/mol. The number of nitriles is 1. The molecule has 1 amide bonds. The fourth-order valence-corrected chi connectivity index (χ4v) is 3.48. The molecule has 4 N–H and O–H groups in total. The highest BCUT2D eigenvalue weighted by Gasteiger charge is 2.30. The van der Waals surface area contributed by atoms with Gasteiger partial charge >= 0.3 is 7.12 Å². The lowest BCUT2D eigenvalue weighted by Crippen LogP contribution is -2.29. The normalized spacial score (nSPS) is 20.9. The molecule has 29 heavy (non-hydrogen) atoms. The van der Waals surface area contributed by atoms with E-state index in [0.717, 1.165) is 5.56 Å². The Bertz CT molecular complexity index is 1030. The van der Waals surface area contributed by atoms with E-state index >= 15 is 0 Å². The van der Waals surface area contributed by atoms with Crippen molar-refractivity contribution in [2.45, 2.75) is 19.4 Å². The van der Waals surface area contributed by atoms with Crippen molar-refractivity contribution in [1.29, 1.82) is 5.26 Å². The van der Waals surface area contributed by atoms with Crippen LogP contribution in [0.5, 0.6) is 5.75 Å². The Labute approximate surface area is 167 Å². The molecule has 0 bridgehead atoms. The van der Waals surface area contributed by atoms with E-state index in [-0.39, 0.29) is 17.5 Å². The summed E-state index contributed by atoms with van der Waals surface area (Å²) in [6, 6.07) is 7.31. The lowest BCUT2D eigenvalue weighted by Gasteiger charge is -2.26. The zero-order valence-electron chi connectivity index (χ0n) is 15.8. The fourth-order valence-electron chi connectivity index (χ4n) is 3.48. The molecule has 9 nitrogen and oxygen atoms in total. The number of aromatic nitrogens is 2. The molecule has 0 aliphatic carbocycles. The molecule has 2 atom stereocenters. The number of fused-ring (bicyclic) bond motifs is 1. The number of anilines is 2. The maximum absolute atomic E-state index is 11.9. The number of nitrogens with two attached hydrogens (primary N) is 1. The number of allylic oxidation sites excluding steroid dienone is 1. The predicted octanol–water partition coefficient (Wildman–Crippen LogP) is 1.64. The van der Waals surface area contributed by atoms with E-state index in [2.05, 4.69) is 16.5 Å². The number of nitrogens with one attached hydrogen (secondary N) is 1. The van der Waals surface area contributed by atoms with Crippen LogP contribution >= 0.6 is 0 Å². The highest BCUT2D eigenvalue weighted by atomic mass is 16.5. The van der Waals surface area contributed by atoms with Gasteiger partial charge in [-0.1, -0.05) is 6.08 Å². The van der Waals surface area contributed by atoms with Gasteiger partial charge in [0.1, 0.15) is 11.3 Å². The minimum absolute atomic E-state index is 0.225. The quantitative estimate of drug-likeness (QED) is 0.672. The largest absolute Gasteiger partial charge is 0.555 e. The SMILES string of the molecule is CC1=Cc2cc(Nc3nn([C@@H]4COCC[C@H]4C#N)cc3C(N)=O)ccc2OB1O. The van der Waals surface area contributed by atoms with Gasteiger partial charge in [-0.3, -0.25) is 9.48 Å². The minimum Gasteiger partial charge on any atom is -0.532 e. The molecule has 1 saturated heterocycles. The van der Waals surface area contributed by atoms with Crippen LogP contribution in [0.4, 0.5) is 11.5 Å². The van der Waals surface area contributed by atoms with Crippen molar-refractivity contribution in [2.24, 2.45) is 11.7 Å². The Balaban J connectivity index is 1.64. The Morgan fingerprint density at radius 2 is 2.34 bits per heavy atom. The van der Waals surface area contributed by atoms with Gasteiger partial charge in [-0.15, -0.1) is 0 Å². The molecule has 3 heterocycles. The Hall–Kier alpha value is -3.29. The first-order valence-electron chi connectivity index (χ1n) is 9.26. The molecule has 4 rings (SSSR count). The predicted molar refractivity (Wildman–Crippen MR) is 106 cm³/mol. The van der Waals surface area contributed by atoms with E-state index < -0.39 is 13.0 Å². The number of rotatable bonds is 4. The van der Waals surface area contributed by atoms with Crippen molar-refractivity contribution in [1.82, 2.24) is 9.78 Å². The van der Waals surface area contributed by atoms with E-state index in [1.54, 1.807) is 29.9 Å². The zero-order chi connectivity index (χ0) is 20.5. The van der Waals surface area contributed by atoms with Crippen LogP contribution in [-0.2, 0) is 4.74 Å². The van der Waals surface area contributed by atoms with Gasteiger partial charge in [0.05, 0.1) is 24.6 Å². The van der Waals surface area contributed by atoms with Gasteiger partial charge in [0.25, 0.3) is 5.91 Å². The van der Waals surface area contributed by atoms with Gasteiger partial charge in [-0.05, 0) is 37.0 Å². The summed E-state index contributed by atoms with van der Waals surface area (Å²) >= 11 is 0. The number of hydrogen-bond acceptors (Lipinski definition) is 7. The molecular weight excluding hydrogens is 373 g/mol. The lowest BCUT2D eigenvalue weighted by atomic mass is 9.76. The molecule has 10 heteroatoms. The molecule has 1 aromatic heterocycles. The van der Waals surface area contributed by atoms with Crippen molar-refractivity contribution < 1.29 is 19.2 Å². The number of primary amides is 1. The maximum Gasteiger partial charge on any atom is 0.555 e. The van der Waals surface area contributed by atoms with Gasteiger partial charge in [0, 0.05) is 24.1 Å². The second-order valence-corrected chi connectivity index (χ2v) is 7.14. The fraction of sp³-hybridized carbons (Fsp3) is 0.316. The topological polar surface area (TPSA) is 135 Å². The van der Waals surface area contributed by atoms with Crippen molar-refractivity contribution in [3.63, 3.8) is 0 Å². The summed E-state index contributed by atoms with van der Waals surface area (Å²) in [6.45, 7) is 2.65. The molecule has 2 aliphatic heterocycles. The summed E-state index contributed by atoms with van der Waals surface area (Å²) in [7, 11) is -0.954. The number of carbonyl (C=O) groups excluding carboxylic acids is 1. The van der Waals surface area contributed by atoms with Gasteiger partial charge in [0.15, 0.2) is 5.82 Å². The Morgan fingerprint density at radius 1 is 1.52 bits per heavy atom. The van der Waals surface area contributed by atoms with Crippen molar-refractivity contribution in [2.75, 3.05) is 18.5 Å². The van der Waals surface area contributed by atoms with Crippen LogP contribution in [0.15, 0.2) is 29.9 Å². The van der Waals surface area contributed by atoms with E-state index in [9.17, 15) is 15.1 Å². The summed E-state index contributed by atoms with van der Waals surface area (Å²) in [5.74, 6) is -0.00972. The summed E-state index contributed by atoms with van der Waals surface area (Å²) in [4.78, 5) is 11.9. The van der Waals surface area contributed by atoms with Gasteiger partial charge in [-0.2, -0.15) is 10.4 Å². The molecule has 1 aromatic carbocycles. The van der Waals surface area contributed by atoms with Crippen LogP contribution in [0.2, 0.25) is 0 Å². The molecular formula is C19H20BN5O4. The summed E-state index contributed by atoms with van der Waals surface area (Å²) in [5, 5.41) is 26.8. The second-order valence-electron chi connectivity index (χ2n) is 7.14. The molecule has 0 radical (unpaired) electrons. The van der Waals surface area contributed by atoms with Crippen LogP contribution in [0.3, 0.4) is 0 Å². The minimum atomic E-state index is -0.954. The summed E-state index contributed by atoms with van der Waals surface area (Å²) in [5.41, 5.74) is 7.93. The molecule has 2 aliphatic rings. The van der Waals surface area contributed by atoms with Crippen LogP contribution in [-0.4, -0.2) is 41.0 Å². The molecule has 0 saturated carbocycles. The van der Waals surface area contributed by atoms with Crippen molar-refractivity contribution >= 4 is 30.6 Å². The van der Waals surface area contributed by atoms with E-state index in [0.29, 0.717) is 42.4 Å². The average molecular weight is 393 g/mol. The molecule has 0 spiro atoms. The van der Waals surface area contributed by atoms with Crippen LogP contribution in [0.25, 0.3) is 6.08 Å². The molecule has 1 fully saturated rings. The van der Waals surface area contributed by atoms with Crippen LogP contribution < -0.4 is 15.7 Å². The van der Waals surface area contributed by atoms with E-state index in [4.69, 9.17) is 15.1 Å². The summed E-state index contributed by atoms with van der Waals surface area (Å²) < 4.78 is 12.5. The van der Waals surface area contributed by atoms with E-state index in [1.165, 1.54) is 0 Å². The van der Waals surface area contributed by atoms with E-state index in [1.807, 2.05) is 12.1 Å². The van der Waals surface area contributed by atoms with Crippen LogP contribution in [0.1, 0.15) is 35.3 Å². The van der Waals surface area contributed by atoms with Gasteiger partial charge in [0.2, 0.25) is 0 Å². The Kier molecular flexibility index (Phi) is 5.00. The smallest absolute Gasteiger partial charge is 0.532 e.